The summed E-state index contributed by atoms with van der Waals surface area (Å²) in [6.45, 7) is 1.88. The van der Waals surface area contributed by atoms with E-state index in [2.05, 4.69) is 20.5 Å². The summed E-state index contributed by atoms with van der Waals surface area (Å²) in [5.41, 5.74) is 0. The third kappa shape index (κ3) is 2.59. The smallest absolute Gasteiger partial charge is 0.245 e. The van der Waals surface area contributed by atoms with Gasteiger partial charge in [-0.2, -0.15) is 4.31 Å². The van der Waals surface area contributed by atoms with Gasteiger partial charge >= 0.3 is 0 Å². The minimum absolute atomic E-state index is 0.221. The Labute approximate surface area is 122 Å². The highest BCUT2D eigenvalue weighted by Gasteiger charge is 2.29. The highest BCUT2D eigenvalue weighted by Crippen LogP contribution is 2.18. The van der Waals surface area contributed by atoms with Crippen molar-refractivity contribution in [3.05, 3.63) is 24.5 Å². The van der Waals surface area contributed by atoms with Crippen molar-refractivity contribution >= 4 is 16.0 Å². The lowest BCUT2D eigenvalue weighted by Crippen LogP contribution is -2.49. The molecule has 0 atom stereocenters. The SMILES string of the molecule is Cn1nnnc1N1CCN(S(=O)(=O)c2cccnc2)CC1. The number of piperazine rings is 1. The average molecular weight is 309 g/mol. The Morgan fingerprint density at radius 2 is 1.95 bits per heavy atom. The molecule has 21 heavy (non-hydrogen) atoms. The van der Waals surface area contributed by atoms with Crippen molar-refractivity contribution < 1.29 is 8.42 Å². The van der Waals surface area contributed by atoms with Crippen LogP contribution in [0, 0.1) is 0 Å². The molecule has 3 rings (SSSR count). The molecule has 0 amide bonds. The first-order valence-electron chi connectivity index (χ1n) is 6.46. The van der Waals surface area contributed by atoms with E-state index in [1.807, 2.05) is 4.90 Å². The van der Waals surface area contributed by atoms with Crippen molar-refractivity contribution in [2.75, 3.05) is 31.1 Å². The van der Waals surface area contributed by atoms with Gasteiger partial charge in [0.1, 0.15) is 4.90 Å². The topological polar surface area (TPSA) is 97.1 Å². The van der Waals surface area contributed by atoms with Crippen LogP contribution in [0.1, 0.15) is 0 Å². The number of tetrazole rings is 1. The molecule has 0 N–H and O–H groups in total. The van der Waals surface area contributed by atoms with Crippen LogP contribution in [0.3, 0.4) is 0 Å². The van der Waals surface area contributed by atoms with Gasteiger partial charge in [-0.25, -0.2) is 13.1 Å². The highest BCUT2D eigenvalue weighted by molar-refractivity contribution is 7.89. The van der Waals surface area contributed by atoms with Crippen molar-refractivity contribution in [2.45, 2.75) is 4.90 Å². The molecule has 0 spiro atoms. The Morgan fingerprint density at radius 3 is 2.52 bits per heavy atom. The van der Waals surface area contributed by atoms with Crippen LogP contribution in [0.25, 0.3) is 0 Å². The van der Waals surface area contributed by atoms with Crippen molar-refractivity contribution in [1.82, 2.24) is 29.5 Å². The molecule has 1 fully saturated rings. The van der Waals surface area contributed by atoms with Gasteiger partial charge < -0.3 is 4.90 Å². The van der Waals surface area contributed by atoms with E-state index >= 15 is 0 Å². The molecule has 112 valence electrons. The van der Waals surface area contributed by atoms with E-state index in [0.29, 0.717) is 32.1 Å². The van der Waals surface area contributed by atoms with Crippen molar-refractivity contribution in [3.63, 3.8) is 0 Å². The zero-order valence-corrected chi connectivity index (χ0v) is 12.3. The summed E-state index contributed by atoms with van der Waals surface area (Å²) in [7, 11) is -1.72. The van der Waals surface area contributed by atoms with Gasteiger partial charge in [0.15, 0.2) is 0 Å². The van der Waals surface area contributed by atoms with Gasteiger partial charge in [0.2, 0.25) is 16.0 Å². The molecule has 0 unspecified atom stereocenters. The number of hydrogen-bond donors (Lipinski definition) is 0. The van der Waals surface area contributed by atoms with Crippen LogP contribution in [-0.4, -0.2) is 64.1 Å². The summed E-state index contributed by atoms with van der Waals surface area (Å²) in [4.78, 5) is 6.06. The number of anilines is 1. The molecule has 2 aromatic rings. The van der Waals surface area contributed by atoms with E-state index in [4.69, 9.17) is 0 Å². The highest BCUT2D eigenvalue weighted by atomic mass is 32.2. The molecule has 0 saturated carbocycles. The molecule has 1 aliphatic heterocycles. The third-order valence-corrected chi connectivity index (χ3v) is 5.27. The normalized spacial score (nSPS) is 17.1. The number of nitrogens with zero attached hydrogens (tertiary/aromatic N) is 7. The van der Waals surface area contributed by atoms with Crippen LogP contribution < -0.4 is 4.90 Å². The van der Waals surface area contributed by atoms with Gasteiger partial charge in [-0.3, -0.25) is 4.98 Å². The molecular weight excluding hydrogens is 294 g/mol. The fourth-order valence-corrected chi connectivity index (χ4v) is 3.66. The second kappa shape index (κ2) is 5.37. The van der Waals surface area contributed by atoms with E-state index in [-0.39, 0.29) is 4.90 Å². The predicted molar refractivity (Wildman–Crippen MR) is 74.0 cm³/mol. The second-order valence-corrected chi connectivity index (χ2v) is 6.62. The molecule has 10 heteroatoms. The van der Waals surface area contributed by atoms with Crippen molar-refractivity contribution in [3.8, 4) is 0 Å². The maximum absolute atomic E-state index is 12.5. The lowest BCUT2D eigenvalue weighted by Gasteiger charge is -2.33. The molecule has 1 aliphatic rings. The largest absolute Gasteiger partial charge is 0.337 e. The summed E-state index contributed by atoms with van der Waals surface area (Å²) in [6.07, 6.45) is 2.92. The Bertz CT molecular complexity index is 707. The minimum Gasteiger partial charge on any atom is -0.337 e. The molecule has 2 aromatic heterocycles. The first-order valence-corrected chi connectivity index (χ1v) is 7.90. The first-order chi connectivity index (χ1) is 10.1. The Kier molecular flexibility index (Phi) is 3.55. The van der Waals surface area contributed by atoms with Gasteiger partial charge in [0.05, 0.1) is 0 Å². The molecule has 0 aliphatic carbocycles. The number of aromatic nitrogens is 5. The zero-order valence-electron chi connectivity index (χ0n) is 11.5. The average Bonchev–Trinajstić information content (AvgIpc) is 2.94. The van der Waals surface area contributed by atoms with Gasteiger partial charge in [0, 0.05) is 45.6 Å². The van der Waals surface area contributed by atoms with Gasteiger partial charge in [-0.1, -0.05) is 5.10 Å². The fourth-order valence-electron chi connectivity index (χ4n) is 2.27. The molecular formula is C11H15N7O2S. The molecule has 9 nitrogen and oxygen atoms in total. The molecule has 0 aromatic carbocycles. The lowest BCUT2D eigenvalue weighted by atomic mass is 10.4. The quantitative estimate of drug-likeness (QED) is 0.726. The van der Waals surface area contributed by atoms with E-state index in [1.54, 1.807) is 30.1 Å². The lowest BCUT2D eigenvalue weighted by molar-refractivity contribution is 0.381. The van der Waals surface area contributed by atoms with Crippen LogP contribution in [0.4, 0.5) is 5.95 Å². The predicted octanol–water partition coefficient (Wildman–Crippen LogP) is -0.884. The van der Waals surface area contributed by atoms with Crippen LogP contribution in [0.2, 0.25) is 0 Å². The van der Waals surface area contributed by atoms with Gasteiger partial charge in [-0.05, 0) is 22.6 Å². The Morgan fingerprint density at radius 1 is 1.19 bits per heavy atom. The Hall–Kier alpha value is -2.07. The second-order valence-electron chi connectivity index (χ2n) is 4.68. The fraction of sp³-hybridized carbons (Fsp3) is 0.455. The van der Waals surface area contributed by atoms with E-state index in [0.717, 1.165) is 0 Å². The third-order valence-electron chi connectivity index (χ3n) is 3.39. The number of pyridine rings is 1. The standard InChI is InChI=1S/C11H15N7O2S/c1-16-11(13-14-15-16)17-5-7-18(8-6-17)21(19,20)10-3-2-4-12-9-10/h2-4,9H,5-8H2,1H3. The van der Waals surface area contributed by atoms with Gasteiger partial charge in [0.25, 0.3) is 0 Å². The van der Waals surface area contributed by atoms with E-state index in [1.165, 1.54) is 10.5 Å². The van der Waals surface area contributed by atoms with E-state index in [9.17, 15) is 8.42 Å². The number of hydrogen-bond acceptors (Lipinski definition) is 7. The summed E-state index contributed by atoms with van der Waals surface area (Å²) in [5.74, 6) is 0.647. The van der Waals surface area contributed by atoms with Crippen LogP contribution in [0.5, 0.6) is 0 Å². The maximum atomic E-state index is 12.5. The number of rotatable bonds is 3. The number of sulfonamides is 1. The first kappa shape index (κ1) is 13.9. The van der Waals surface area contributed by atoms with Crippen LogP contribution in [0.15, 0.2) is 29.4 Å². The van der Waals surface area contributed by atoms with Crippen molar-refractivity contribution in [1.29, 1.82) is 0 Å². The van der Waals surface area contributed by atoms with Gasteiger partial charge in [-0.15, -0.1) is 0 Å². The molecule has 1 saturated heterocycles. The zero-order chi connectivity index (χ0) is 14.9. The summed E-state index contributed by atoms with van der Waals surface area (Å²) >= 11 is 0. The maximum Gasteiger partial charge on any atom is 0.245 e. The monoisotopic (exact) mass is 309 g/mol. The summed E-state index contributed by atoms with van der Waals surface area (Å²) in [5, 5.41) is 11.3. The van der Waals surface area contributed by atoms with Crippen LogP contribution >= 0.6 is 0 Å². The molecule has 0 radical (unpaired) electrons. The summed E-state index contributed by atoms with van der Waals surface area (Å²) in [6, 6.07) is 3.18. The number of aryl methyl sites for hydroxylation is 1. The summed E-state index contributed by atoms with van der Waals surface area (Å²) < 4.78 is 28.0. The molecule has 3 heterocycles. The van der Waals surface area contributed by atoms with Crippen LogP contribution in [-0.2, 0) is 17.1 Å². The van der Waals surface area contributed by atoms with Crippen molar-refractivity contribution in [2.24, 2.45) is 7.05 Å². The molecule has 0 bridgehead atoms. The Balaban J connectivity index is 1.73. The van der Waals surface area contributed by atoms with E-state index < -0.39 is 10.0 Å². The minimum atomic E-state index is -3.48.